The Balaban J connectivity index is 1.62. The normalized spacial score (nSPS) is 20.7. The fraction of sp³-hybridized carbons (Fsp3) is 0.238. The molecule has 0 bridgehead atoms. The number of nitrogens with zero attached hydrogens (tertiary/aromatic N) is 7. The molecule has 29 heavy (non-hydrogen) atoms. The third-order valence-electron chi connectivity index (χ3n) is 5.55. The zero-order valence-corrected chi connectivity index (χ0v) is 15.4. The van der Waals surface area contributed by atoms with E-state index in [9.17, 15) is 5.26 Å². The Kier molecular flexibility index (Phi) is 3.85. The lowest BCUT2D eigenvalue weighted by atomic mass is 9.67. The van der Waals surface area contributed by atoms with Crippen LogP contribution in [0.15, 0.2) is 49.1 Å². The van der Waals surface area contributed by atoms with Gasteiger partial charge in [0, 0.05) is 29.5 Å². The van der Waals surface area contributed by atoms with Gasteiger partial charge < -0.3 is 0 Å². The monoisotopic (exact) mass is 380 g/mol. The predicted octanol–water partition coefficient (Wildman–Crippen LogP) is 3.43. The van der Waals surface area contributed by atoms with Crippen LogP contribution in [-0.4, -0.2) is 29.9 Å². The van der Waals surface area contributed by atoms with Gasteiger partial charge in [0.2, 0.25) is 0 Å². The number of rotatable bonds is 4. The first-order valence-corrected chi connectivity index (χ1v) is 9.30. The minimum Gasteiger partial charge on any atom is -0.285 e. The zero-order valence-electron chi connectivity index (χ0n) is 15.4. The van der Waals surface area contributed by atoms with Crippen molar-refractivity contribution < 1.29 is 0 Å². The van der Waals surface area contributed by atoms with Crippen molar-refractivity contribution in [1.82, 2.24) is 29.9 Å². The lowest BCUT2D eigenvalue weighted by Crippen LogP contribution is -2.46. The van der Waals surface area contributed by atoms with E-state index < -0.39 is 5.54 Å². The summed E-state index contributed by atoms with van der Waals surface area (Å²) in [7, 11) is 0. The van der Waals surface area contributed by atoms with E-state index in [-0.39, 0.29) is 5.92 Å². The average Bonchev–Trinajstić information content (AvgIpc) is 3.42. The summed E-state index contributed by atoms with van der Waals surface area (Å²) in [6, 6.07) is 12.2. The van der Waals surface area contributed by atoms with E-state index in [0.29, 0.717) is 25.0 Å². The number of aromatic amines is 1. The largest absolute Gasteiger partial charge is 0.285 e. The van der Waals surface area contributed by atoms with Gasteiger partial charge in [0.1, 0.15) is 11.4 Å². The van der Waals surface area contributed by atoms with Crippen LogP contribution in [0, 0.1) is 28.6 Å². The van der Waals surface area contributed by atoms with Crippen molar-refractivity contribution in [3.8, 4) is 34.8 Å². The molecule has 0 amide bonds. The summed E-state index contributed by atoms with van der Waals surface area (Å²) in [4.78, 5) is 9.32. The van der Waals surface area contributed by atoms with Crippen molar-refractivity contribution in [2.75, 3.05) is 0 Å². The van der Waals surface area contributed by atoms with Crippen LogP contribution in [0.5, 0.6) is 0 Å². The molecule has 5 rings (SSSR count). The first-order valence-electron chi connectivity index (χ1n) is 9.30. The quantitative estimate of drug-likeness (QED) is 0.579. The fourth-order valence-electron chi connectivity index (χ4n) is 4.03. The van der Waals surface area contributed by atoms with Gasteiger partial charge in [0.25, 0.3) is 0 Å². The molecule has 8 nitrogen and oxygen atoms in total. The van der Waals surface area contributed by atoms with Gasteiger partial charge in [-0.1, -0.05) is 0 Å². The Morgan fingerprint density at radius 3 is 2.90 bits per heavy atom. The van der Waals surface area contributed by atoms with Crippen molar-refractivity contribution in [2.24, 2.45) is 5.92 Å². The van der Waals surface area contributed by atoms with Crippen molar-refractivity contribution in [2.45, 2.75) is 24.8 Å². The van der Waals surface area contributed by atoms with Crippen LogP contribution < -0.4 is 0 Å². The smallest absolute Gasteiger partial charge is 0.111 e. The summed E-state index contributed by atoms with van der Waals surface area (Å²) in [5, 5.41) is 31.0. The number of hydrogen-bond donors (Lipinski definition) is 1. The molecule has 0 aromatic carbocycles. The van der Waals surface area contributed by atoms with Crippen LogP contribution in [0.2, 0.25) is 0 Å². The molecule has 140 valence electrons. The van der Waals surface area contributed by atoms with Gasteiger partial charge in [-0.3, -0.25) is 14.8 Å². The molecule has 1 fully saturated rings. The summed E-state index contributed by atoms with van der Waals surface area (Å²) >= 11 is 0. The van der Waals surface area contributed by atoms with Gasteiger partial charge in [-0.05, 0) is 37.1 Å². The minimum absolute atomic E-state index is 0.0245. The van der Waals surface area contributed by atoms with Crippen LogP contribution in [0.25, 0.3) is 33.5 Å². The first-order chi connectivity index (χ1) is 14.2. The van der Waals surface area contributed by atoms with Crippen molar-refractivity contribution in [3.63, 3.8) is 0 Å². The molecule has 4 aromatic heterocycles. The number of pyridine rings is 2. The molecule has 1 aliphatic rings. The van der Waals surface area contributed by atoms with Gasteiger partial charge in [-0.25, -0.2) is 4.98 Å². The van der Waals surface area contributed by atoms with Gasteiger partial charge in [0.15, 0.2) is 0 Å². The van der Waals surface area contributed by atoms with Crippen molar-refractivity contribution in [1.29, 1.82) is 10.5 Å². The summed E-state index contributed by atoms with van der Waals surface area (Å²) in [6.45, 7) is 0. The Hall–Kier alpha value is -4.04. The second kappa shape index (κ2) is 6.54. The van der Waals surface area contributed by atoms with Crippen molar-refractivity contribution in [3.05, 3.63) is 49.1 Å². The van der Waals surface area contributed by atoms with E-state index in [0.717, 1.165) is 27.9 Å². The second-order valence-electron chi connectivity index (χ2n) is 7.35. The van der Waals surface area contributed by atoms with E-state index in [2.05, 4.69) is 27.3 Å². The molecular formula is C21H16N8. The standard InChI is InChI=1S/C21H16N8/c22-5-4-21(9-14(10-21)11-23)29-7-3-17(28-29)20-16-2-1-6-24-19(16)8-18(27-20)15-12-25-26-13-15/h1-3,6-8,12-14H,4,9-10H2,(H,25,26)/t14-,21-. The Morgan fingerprint density at radius 2 is 2.14 bits per heavy atom. The fourth-order valence-corrected chi connectivity index (χ4v) is 4.03. The molecule has 0 unspecified atom stereocenters. The average molecular weight is 380 g/mol. The highest BCUT2D eigenvalue weighted by Crippen LogP contribution is 2.46. The molecule has 0 saturated heterocycles. The third kappa shape index (κ3) is 2.74. The second-order valence-corrected chi connectivity index (χ2v) is 7.35. The molecule has 4 heterocycles. The predicted molar refractivity (Wildman–Crippen MR) is 105 cm³/mol. The van der Waals surface area contributed by atoms with Gasteiger partial charge in [-0.2, -0.15) is 20.7 Å². The lowest BCUT2D eigenvalue weighted by molar-refractivity contribution is 0.0884. The molecule has 1 aliphatic carbocycles. The molecule has 1 N–H and O–H groups in total. The van der Waals surface area contributed by atoms with E-state index in [1.165, 1.54) is 0 Å². The number of aromatic nitrogens is 6. The van der Waals surface area contributed by atoms with E-state index >= 15 is 0 Å². The van der Waals surface area contributed by atoms with Crippen LogP contribution in [-0.2, 0) is 5.54 Å². The number of H-pyrrole nitrogens is 1. The molecular weight excluding hydrogens is 364 g/mol. The maximum Gasteiger partial charge on any atom is 0.111 e. The van der Waals surface area contributed by atoms with Gasteiger partial charge >= 0.3 is 0 Å². The highest BCUT2D eigenvalue weighted by atomic mass is 15.3. The molecule has 4 aromatic rings. The molecule has 1 saturated carbocycles. The summed E-state index contributed by atoms with van der Waals surface area (Å²) in [6.07, 6.45) is 8.76. The maximum atomic E-state index is 9.29. The van der Waals surface area contributed by atoms with Gasteiger partial charge in [0.05, 0.1) is 47.4 Å². The highest BCUT2D eigenvalue weighted by Gasteiger charge is 2.46. The number of fused-ring (bicyclic) bond motifs is 1. The van der Waals surface area contributed by atoms with Crippen LogP contribution >= 0.6 is 0 Å². The molecule has 0 atom stereocenters. The highest BCUT2D eigenvalue weighted by molar-refractivity contribution is 5.93. The summed E-state index contributed by atoms with van der Waals surface area (Å²) in [5.41, 5.74) is 3.48. The van der Waals surface area contributed by atoms with Crippen LogP contribution in [0.1, 0.15) is 19.3 Å². The Morgan fingerprint density at radius 1 is 1.24 bits per heavy atom. The van der Waals surface area contributed by atoms with E-state index in [1.54, 1.807) is 18.6 Å². The topological polar surface area (TPSA) is 120 Å². The third-order valence-corrected chi connectivity index (χ3v) is 5.55. The maximum absolute atomic E-state index is 9.29. The summed E-state index contributed by atoms with van der Waals surface area (Å²) < 4.78 is 1.84. The first kappa shape index (κ1) is 17.1. The zero-order chi connectivity index (χ0) is 19.8. The summed E-state index contributed by atoms with van der Waals surface area (Å²) in [5.74, 6) is -0.0245. The molecule has 0 spiro atoms. The Bertz CT molecular complexity index is 1270. The van der Waals surface area contributed by atoms with Gasteiger partial charge in [-0.15, -0.1) is 0 Å². The van der Waals surface area contributed by atoms with E-state index in [1.807, 2.05) is 35.1 Å². The molecule has 0 radical (unpaired) electrons. The van der Waals surface area contributed by atoms with E-state index in [4.69, 9.17) is 15.3 Å². The Labute approximate surface area is 166 Å². The molecule has 0 aliphatic heterocycles. The minimum atomic E-state index is -0.413. The number of hydrogen-bond acceptors (Lipinski definition) is 6. The number of nitrogens with one attached hydrogen (secondary N) is 1. The lowest BCUT2D eigenvalue weighted by Gasteiger charge is -2.43. The SMILES string of the molecule is N#CC[C@]1(n2ccc(-c3nc(-c4cn[nH]c4)cc4ncccc34)n2)C[C@H](C#N)C1. The van der Waals surface area contributed by atoms with Crippen LogP contribution in [0.4, 0.5) is 0 Å². The van der Waals surface area contributed by atoms with Crippen LogP contribution in [0.3, 0.4) is 0 Å². The number of nitriles is 2. The molecule has 8 heteroatoms. The van der Waals surface area contributed by atoms with Crippen molar-refractivity contribution >= 4 is 10.9 Å².